The summed E-state index contributed by atoms with van der Waals surface area (Å²) in [6.45, 7) is 1.72. The van der Waals surface area contributed by atoms with Crippen LogP contribution in [0.2, 0.25) is 0 Å². The maximum absolute atomic E-state index is 13.9. The lowest BCUT2D eigenvalue weighted by molar-refractivity contribution is 0.581. The Morgan fingerprint density at radius 1 is 1.12 bits per heavy atom. The summed E-state index contributed by atoms with van der Waals surface area (Å²) in [5.74, 6) is -0.248. The van der Waals surface area contributed by atoms with Crippen LogP contribution in [0.1, 0.15) is 11.3 Å². The molecule has 126 valence electrons. The van der Waals surface area contributed by atoms with E-state index in [4.69, 9.17) is 5.73 Å². The minimum atomic E-state index is -0.583. The van der Waals surface area contributed by atoms with E-state index < -0.39 is 5.95 Å². The summed E-state index contributed by atoms with van der Waals surface area (Å²) in [5, 5.41) is 13.8. The highest BCUT2D eigenvalue weighted by molar-refractivity contribution is 5.91. The number of aryl methyl sites for hydroxylation is 1. The maximum atomic E-state index is 13.9. The lowest BCUT2D eigenvalue weighted by Crippen LogP contribution is -1.95. The third-order valence-corrected chi connectivity index (χ3v) is 3.98. The van der Waals surface area contributed by atoms with Crippen LogP contribution in [0, 0.1) is 24.2 Å². The van der Waals surface area contributed by atoms with Crippen molar-refractivity contribution in [2.24, 2.45) is 0 Å². The molecule has 0 saturated carbocycles. The molecule has 0 bridgehead atoms. The molecular formula is C19H13FN6. The van der Waals surface area contributed by atoms with Gasteiger partial charge in [0.05, 0.1) is 17.2 Å². The van der Waals surface area contributed by atoms with Gasteiger partial charge in [0.2, 0.25) is 5.95 Å². The summed E-state index contributed by atoms with van der Waals surface area (Å²) in [5.41, 5.74) is 9.96. The van der Waals surface area contributed by atoms with Gasteiger partial charge < -0.3 is 5.73 Å². The second kappa shape index (κ2) is 5.93. The SMILES string of the molecule is Cc1cc(-c2c(-c3cccc(C#N)c3)nn3ccc(N)nc23)cc(F)n1. The second-order valence-electron chi connectivity index (χ2n) is 5.86. The number of aromatic nitrogens is 4. The number of hydrogen-bond donors (Lipinski definition) is 1. The van der Waals surface area contributed by atoms with E-state index >= 15 is 0 Å². The zero-order valence-electron chi connectivity index (χ0n) is 13.8. The van der Waals surface area contributed by atoms with Crippen LogP contribution in [-0.4, -0.2) is 19.6 Å². The summed E-state index contributed by atoms with van der Waals surface area (Å²) in [6.07, 6.45) is 1.70. The van der Waals surface area contributed by atoms with Gasteiger partial charge in [-0.2, -0.15) is 14.8 Å². The van der Waals surface area contributed by atoms with Crippen LogP contribution in [0.4, 0.5) is 10.2 Å². The van der Waals surface area contributed by atoms with E-state index in [1.165, 1.54) is 6.07 Å². The number of nitriles is 1. The monoisotopic (exact) mass is 344 g/mol. The van der Waals surface area contributed by atoms with Gasteiger partial charge in [-0.1, -0.05) is 12.1 Å². The molecule has 26 heavy (non-hydrogen) atoms. The van der Waals surface area contributed by atoms with Crippen LogP contribution in [0.25, 0.3) is 28.0 Å². The van der Waals surface area contributed by atoms with Gasteiger partial charge in [0.15, 0.2) is 5.65 Å². The van der Waals surface area contributed by atoms with E-state index in [9.17, 15) is 9.65 Å². The van der Waals surface area contributed by atoms with Crippen LogP contribution in [0.15, 0.2) is 48.7 Å². The molecule has 6 nitrogen and oxygen atoms in total. The van der Waals surface area contributed by atoms with Crippen molar-refractivity contribution in [3.8, 4) is 28.5 Å². The molecule has 0 atom stereocenters. The van der Waals surface area contributed by atoms with E-state index in [0.717, 1.165) is 5.56 Å². The molecule has 0 spiro atoms. The van der Waals surface area contributed by atoms with Crippen LogP contribution in [-0.2, 0) is 0 Å². The Labute approximate surface area is 148 Å². The number of nitrogens with zero attached hydrogens (tertiary/aromatic N) is 5. The molecule has 0 saturated heterocycles. The predicted octanol–water partition coefficient (Wildman–Crippen LogP) is 3.36. The van der Waals surface area contributed by atoms with Gasteiger partial charge in [-0.15, -0.1) is 0 Å². The van der Waals surface area contributed by atoms with Crippen LogP contribution >= 0.6 is 0 Å². The first-order valence-corrected chi connectivity index (χ1v) is 7.85. The number of nitrogens with two attached hydrogens (primary N) is 1. The van der Waals surface area contributed by atoms with Crippen LogP contribution < -0.4 is 5.73 Å². The first kappa shape index (κ1) is 15.7. The van der Waals surface area contributed by atoms with E-state index in [-0.39, 0.29) is 0 Å². The van der Waals surface area contributed by atoms with Crippen molar-refractivity contribution in [1.82, 2.24) is 19.6 Å². The first-order chi connectivity index (χ1) is 12.5. The number of nitrogen functional groups attached to an aromatic ring is 1. The molecule has 0 fully saturated rings. The third kappa shape index (κ3) is 2.63. The summed E-state index contributed by atoms with van der Waals surface area (Å²) in [7, 11) is 0. The quantitative estimate of drug-likeness (QED) is 0.563. The van der Waals surface area contributed by atoms with Gasteiger partial charge >= 0.3 is 0 Å². The van der Waals surface area contributed by atoms with Crippen molar-refractivity contribution in [3.05, 3.63) is 65.9 Å². The third-order valence-electron chi connectivity index (χ3n) is 3.98. The van der Waals surface area contributed by atoms with Crippen molar-refractivity contribution >= 4 is 11.5 Å². The van der Waals surface area contributed by atoms with Crippen molar-refractivity contribution in [2.75, 3.05) is 5.73 Å². The Morgan fingerprint density at radius 2 is 1.96 bits per heavy atom. The molecule has 0 amide bonds. The van der Waals surface area contributed by atoms with E-state index in [1.54, 1.807) is 48.0 Å². The van der Waals surface area contributed by atoms with Crippen molar-refractivity contribution in [3.63, 3.8) is 0 Å². The summed E-state index contributed by atoms with van der Waals surface area (Å²) in [6, 6.07) is 13.9. The molecule has 3 aromatic heterocycles. The molecule has 0 radical (unpaired) electrons. The minimum absolute atomic E-state index is 0.335. The van der Waals surface area contributed by atoms with Crippen molar-refractivity contribution in [2.45, 2.75) is 6.92 Å². The number of anilines is 1. The molecule has 3 heterocycles. The predicted molar refractivity (Wildman–Crippen MR) is 95.5 cm³/mol. The summed E-state index contributed by atoms with van der Waals surface area (Å²) >= 11 is 0. The topological polar surface area (TPSA) is 92.9 Å². The molecule has 2 N–H and O–H groups in total. The van der Waals surface area contributed by atoms with E-state index in [0.29, 0.717) is 39.5 Å². The fourth-order valence-electron chi connectivity index (χ4n) is 2.92. The highest BCUT2D eigenvalue weighted by atomic mass is 19.1. The smallest absolute Gasteiger partial charge is 0.213 e. The Hall–Kier alpha value is -3.79. The van der Waals surface area contributed by atoms with Crippen LogP contribution in [0.3, 0.4) is 0 Å². The van der Waals surface area contributed by atoms with Gasteiger partial charge in [0.25, 0.3) is 0 Å². The summed E-state index contributed by atoms with van der Waals surface area (Å²) in [4.78, 5) is 8.16. The molecule has 0 aliphatic heterocycles. The normalized spacial score (nSPS) is 10.8. The van der Waals surface area contributed by atoms with E-state index in [2.05, 4.69) is 21.1 Å². The lowest BCUT2D eigenvalue weighted by Gasteiger charge is -2.05. The van der Waals surface area contributed by atoms with Gasteiger partial charge in [0.1, 0.15) is 11.5 Å². The Bertz CT molecular complexity index is 1170. The fraction of sp³-hybridized carbons (Fsp3) is 0.0526. The average molecular weight is 344 g/mol. The van der Waals surface area contributed by atoms with Gasteiger partial charge in [0, 0.05) is 23.5 Å². The number of halogens is 1. The average Bonchev–Trinajstić information content (AvgIpc) is 2.99. The standard InChI is InChI=1S/C19H13FN6/c1-11-7-14(9-15(20)23-11)17-18(13-4-2-3-12(8-13)10-21)25-26-6-5-16(22)24-19(17)26/h2-9H,1H3,(H2,22,24). The minimum Gasteiger partial charge on any atom is -0.384 e. The highest BCUT2D eigenvalue weighted by Crippen LogP contribution is 2.35. The number of pyridine rings is 1. The molecule has 7 heteroatoms. The maximum Gasteiger partial charge on any atom is 0.213 e. The zero-order valence-corrected chi connectivity index (χ0v) is 13.8. The number of benzene rings is 1. The highest BCUT2D eigenvalue weighted by Gasteiger charge is 2.19. The Balaban J connectivity index is 2.08. The van der Waals surface area contributed by atoms with Gasteiger partial charge in [-0.3, -0.25) is 0 Å². The van der Waals surface area contributed by atoms with Crippen LogP contribution in [0.5, 0.6) is 0 Å². The van der Waals surface area contributed by atoms with E-state index in [1.807, 2.05) is 6.07 Å². The molecule has 0 aliphatic rings. The Kier molecular flexibility index (Phi) is 3.59. The molecular weight excluding hydrogens is 331 g/mol. The Morgan fingerprint density at radius 3 is 2.73 bits per heavy atom. The first-order valence-electron chi connectivity index (χ1n) is 7.85. The molecule has 1 aromatic carbocycles. The molecule has 4 aromatic rings. The van der Waals surface area contributed by atoms with Crippen molar-refractivity contribution in [1.29, 1.82) is 5.26 Å². The zero-order chi connectivity index (χ0) is 18.3. The summed E-state index contributed by atoms with van der Waals surface area (Å²) < 4.78 is 15.5. The van der Waals surface area contributed by atoms with Gasteiger partial charge in [-0.05, 0) is 36.8 Å². The number of rotatable bonds is 2. The second-order valence-corrected chi connectivity index (χ2v) is 5.86. The van der Waals surface area contributed by atoms with Crippen molar-refractivity contribution < 1.29 is 4.39 Å². The number of hydrogen-bond acceptors (Lipinski definition) is 5. The fourth-order valence-corrected chi connectivity index (χ4v) is 2.92. The largest absolute Gasteiger partial charge is 0.384 e. The number of fused-ring (bicyclic) bond motifs is 1. The lowest BCUT2D eigenvalue weighted by atomic mass is 10.00. The molecule has 0 unspecified atom stereocenters. The molecule has 4 rings (SSSR count). The molecule has 0 aliphatic carbocycles. The van der Waals surface area contributed by atoms with Gasteiger partial charge in [-0.25, -0.2) is 14.5 Å².